The van der Waals surface area contributed by atoms with Crippen molar-refractivity contribution in [2.24, 2.45) is 7.05 Å². The minimum absolute atomic E-state index is 0.118. The van der Waals surface area contributed by atoms with Crippen molar-refractivity contribution < 1.29 is 0 Å². The molecule has 0 fully saturated rings. The predicted molar refractivity (Wildman–Crippen MR) is 76.9 cm³/mol. The first-order valence-corrected chi connectivity index (χ1v) is 6.70. The van der Waals surface area contributed by atoms with Crippen molar-refractivity contribution in [3.05, 3.63) is 50.4 Å². The van der Waals surface area contributed by atoms with Crippen LogP contribution in [0.15, 0.2) is 33.4 Å². The van der Waals surface area contributed by atoms with E-state index in [1.807, 2.05) is 11.4 Å². The molecule has 0 amide bonds. The highest BCUT2D eigenvalue weighted by atomic mass is 32.1. The van der Waals surface area contributed by atoms with Crippen LogP contribution in [0.4, 0.5) is 5.82 Å². The lowest BCUT2D eigenvalue weighted by Crippen LogP contribution is -2.39. The van der Waals surface area contributed by atoms with Crippen molar-refractivity contribution in [2.75, 3.05) is 5.73 Å². The summed E-state index contributed by atoms with van der Waals surface area (Å²) in [4.78, 5) is 32.7. The second kappa shape index (κ2) is 4.57. The molecule has 0 aromatic carbocycles. The van der Waals surface area contributed by atoms with Crippen LogP contribution in [0.2, 0.25) is 0 Å². The Balaban J connectivity index is 2.07. The number of aryl methyl sites for hydroxylation is 1. The maximum Gasteiger partial charge on any atom is 0.316 e. The van der Waals surface area contributed by atoms with Crippen LogP contribution in [-0.4, -0.2) is 19.1 Å². The summed E-state index contributed by atoms with van der Waals surface area (Å²) < 4.78 is 2.51. The van der Waals surface area contributed by atoms with E-state index in [1.165, 1.54) is 39.9 Å². The Hall–Kier alpha value is -2.48. The van der Waals surface area contributed by atoms with Crippen LogP contribution in [0, 0.1) is 0 Å². The standard InChI is InChI=1S/C12H11N5O2S/c1-16-3-4-17(12(19)11(16)18)6-8-14-9(13)7-2-5-20-10(7)15-8/h2-5H,6H2,1H3,(H2,13,14,15). The molecule has 0 saturated heterocycles. The Labute approximate surface area is 117 Å². The number of rotatable bonds is 2. The molecule has 3 rings (SSSR count). The van der Waals surface area contributed by atoms with Crippen molar-refractivity contribution in [3.8, 4) is 0 Å². The summed E-state index contributed by atoms with van der Waals surface area (Å²) in [5.41, 5.74) is 4.66. The van der Waals surface area contributed by atoms with E-state index in [1.54, 1.807) is 0 Å². The van der Waals surface area contributed by atoms with Crippen LogP contribution >= 0.6 is 11.3 Å². The van der Waals surface area contributed by atoms with E-state index in [0.717, 1.165) is 10.2 Å². The molecule has 0 aliphatic rings. The molecule has 20 heavy (non-hydrogen) atoms. The van der Waals surface area contributed by atoms with Gasteiger partial charge in [0, 0.05) is 19.4 Å². The van der Waals surface area contributed by atoms with Gasteiger partial charge in [0.05, 0.1) is 11.9 Å². The average molecular weight is 289 g/mol. The number of nitrogens with zero attached hydrogens (tertiary/aromatic N) is 4. The van der Waals surface area contributed by atoms with Gasteiger partial charge in [-0.15, -0.1) is 11.3 Å². The molecule has 0 unspecified atom stereocenters. The number of aromatic nitrogens is 4. The SMILES string of the molecule is Cn1ccn(Cc2nc(N)c3ccsc3n2)c(=O)c1=O. The highest BCUT2D eigenvalue weighted by molar-refractivity contribution is 7.16. The molecule has 7 nitrogen and oxygen atoms in total. The summed E-state index contributed by atoms with van der Waals surface area (Å²) in [6, 6.07) is 1.85. The van der Waals surface area contributed by atoms with Gasteiger partial charge in [-0.2, -0.15) is 0 Å². The molecule has 8 heteroatoms. The largest absolute Gasteiger partial charge is 0.383 e. The Bertz CT molecular complexity index is 908. The van der Waals surface area contributed by atoms with Gasteiger partial charge in [-0.25, -0.2) is 9.97 Å². The first kappa shape index (κ1) is 12.5. The maximum atomic E-state index is 11.8. The summed E-state index contributed by atoms with van der Waals surface area (Å²) in [5, 5.41) is 2.68. The van der Waals surface area contributed by atoms with Crippen molar-refractivity contribution in [1.29, 1.82) is 0 Å². The number of thiophene rings is 1. The fourth-order valence-corrected chi connectivity index (χ4v) is 2.65. The summed E-state index contributed by atoms with van der Waals surface area (Å²) in [7, 11) is 1.53. The summed E-state index contributed by atoms with van der Waals surface area (Å²) in [6.07, 6.45) is 3.05. The Morgan fingerprint density at radius 1 is 1.25 bits per heavy atom. The third-order valence-electron chi connectivity index (χ3n) is 2.95. The molecule has 0 radical (unpaired) electrons. The first-order valence-electron chi connectivity index (χ1n) is 5.82. The normalized spacial score (nSPS) is 11.1. The van der Waals surface area contributed by atoms with Gasteiger partial charge in [-0.1, -0.05) is 0 Å². The fraction of sp³-hybridized carbons (Fsp3) is 0.167. The Morgan fingerprint density at radius 3 is 2.85 bits per heavy atom. The number of fused-ring (bicyclic) bond motifs is 1. The second-order valence-electron chi connectivity index (χ2n) is 4.31. The van der Waals surface area contributed by atoms with Crippen LogP contribution in [0.25, 0.3) is 10.2 Å². The van der Waals surface area contributed by atoms with E-state index < -0.39 is 11.1 Å². The predicted octanol–water partition coefficient (Wildman–Crippen LogP) is 0.182. The third kappa shape index (κ3) is 1.99. The van der Waals surface area contributed by atoms with Crippen molar-refractivity contribution >= 4 is 27.4 Å². The molecular formula is C12H11N5O2S. The van der Waals surface area contributed by atoms with Crippen LogP contribution in [0.3, 0.4) is 0 Å². The van der Waals surface area contributed by atoms with E-state index >= 15 is 0 Å². The van der Waals surface area contributed by atoms with E-state index in [0.29, 0.717) is 11.6 Å². The monoisotopic (exact) mass is 289 g/mol. The van der Waals surface area contributed by atoms with Gasteiger partial charge in [-0.3, -0.25) is 9.59 Å². The maximum absolute atomic E-state index is 11.8. The molecule has 0 aliphatic carbocycles. The van der Waals surface area contributed by atoms with Crippen molar-refractivity contribution in [2.45, 2.75) is 6.54 Å². The zero-order valence-electron chi connectivity index (χ0n) is 10.6. The zero-order valence-corrected chi connectivity index (χ0v) is 11.4. The molecule has 2 N–H and O–H groups in total. The minimum atomic E-state index is -0.608. The Kier molecular flexibility index (Phi) is 2.87. The van der Waals surface area contributed by atoms with Gasteiger partial charge >= 0.3 is 11.1 Å². The summed E-state index contributed by atoms with van der Waals surface area (Å²) >= 11 is 1.45. The van der Waals surface area contributed by atoms with Gasteiger partial charge in [-0.05, 0) is 11.4 Å². The number of nitrogen functional groups attached to an aromatic ring is 1. The minimum Gasteiger partial charge on any atom is -0.383 e. The Morgan fingerprint density at radius 2 is 2.05 bits per heavy atom. The molecule has 3 aromatic rings. The van der Waals surface area contributed by atoms with Crippen molar-refractivity contribution in [1.82, 2.24) is 19.1 Å². The van der Waals surface area contributed by atoms with E-state index in [2.05, 4.69) is 9.97 Å². The van der Waals surface area contributed by atoms with Crippen LogP contribution in [0.5, 0.6) is 0 Å². The fourth-order valence-electron chi connectivity index (χ4n) is 1.86. The lowest BCUT2D eigenvalue weighted by molar-refractivity contribution is 0.673. The molecule has 0 atom stereocenters. The average Bonchev–Trinajstić information content (AvgIpc) is 2.88. The molecule has 0 saturated carbocycles. The number of anilines is 1. The molecular weight excluding hydrogens is 278 g/mol. The lowest BCUT2D eigenvalue weighted by Gasteiger charge is -2.06. The van der Waals surface area contributed by atoms with Gasteiger partial charge in [0.2, 0.25) is 0 Å². The molecule has 102 valence electrons. The zero-order chi connectivity index (χ0) is 14.3. The van der Waals surface area contributed by atoms with E-state index in [4.69, 9.17) is 5.73 Å². The smallest absolute Gasteiger partial charge is 0.316 e. The number of hydrogen-bond donors (Lipinski definition) is 1. The topological polar surface area (TPSA) is 95.8 Å². The highest BCUT2D eigenvalue weighted by Crippen LogP contribution is 2.22. The van der Waals surface area contributed by atoms with Gasteiger partial charge in [0.1, 0.15) is 10.6 Å². The van der Waals surface area contributed by atoms with Crippen LogP contribution in [0.1, 0.15) is 5.82 Å². The quantitative estimate of drug-likeness (QED) is 0.679. The molecule has 3 heterocycles. The van der Waals surface area contributed by atoms with E-state index in [-0.39, 0.29) is 6.54 Å². The third-order valence-corrected chi connectivity index (χ3v) is 3.75. The van der Waals surface area contributed by atoms with E-state index in [9.17, 15) is 9.59 Å². The summed E-state index contributed by atoms with van der Waals surface area (Å²) in [5.74, 6) is 0.788. The number of nitrogens with two attached hydrogens (primary N) is 1. The molecule has 0 spiro atoms. The highest BCUT2D eigenvalue weighted by Gasteiger charge is 2.09. The molecule has 3 aromatic heterocycles. The van der Waals surface area contributed by atoms with Gasteiger partial charge in [0.15, 0.2) is 5.82 Å². The second-order valence-corrected chi connectivity index (χ2v) is 5.21. The summed E-state index contributed by atoms with van der Waals surface area (Å²) in [6.45, 7) is 0.118. The van der Waals surface area contributed by atoms with Gasteiger partial charge < -0.3 is 14.9 Å². The lowest BCUT2D eigenvalue weighted by atomic mass is 10.4. The van der Waals surface area contributed by atoms with Crippen molar-refractivity contribution in [3.63, 3.8) is 0 Å². The van der Waals surface area contributed by atoms with Crippen LogP contribution in [-0.2, 0) is 13.6 Å². The molecule has 0 bridgehead atoms. The van der Waals surface area contributed by atoms with Gasteiger partial charge in [0.25, 0.3) is 0 Å². The van der Waals surface area contributed by atoms with Crippen LogP contribution < -0.4 is 16.9 Å². The molecule has 0 aliphatic heterocycles. The number of hydrogen-bond acceptors (Lipinski definition) is 6. The first-order chi connectivity index (χ1) is 9.56.